The third kappa shape index (κ3) is 3.52. The van der Waals surface area contributed by atoms with Crippen molar-refractivity contribution in [3.63, 3.8) is 0 Å². The number of pyridine rings is 1. The van der Waals surface area contributed by atoms with Gasteiger partial charge in [0.2, 0.25) is 0 Å². The summed E-state index contributed by atoms with van der Waals surface area (Å²) in [6, 6.07) is 9.15. The van der Waals surface area contributed by atoms with E-state index in [1.165, 1.54) is 31.2 Å². The molecule has 2 atom stereocenters. The third-order valence-electron chi connectivity index (χ3n) is 6.49. The molecule has 7 heteroatoms. The minimum absolute atomic E-state index is 0.545. The maximum Gasteiger partial charge on any atom is 0.138 e. The van der Waals surface area contributed by atoms with Gasteiger partial charge < -0.3 is 16.4 Å². The first-order chi connectivity index (χ1) is 14.1. The molecule has 0 amide bonds. The Hall–Kier alpha value is -2.41. The van der Waals surface area contributed by atoms with E-state index in [1.54, 1.807) is 6.33 Å². The highest BCUT2D eigenvalue weighted by molar-refractivity contribution is 9.10. The van der Waals surface area contributed by atoms with Crippen LogP contribution in [0.1, 0.15) is 36.8 Å². The highest BCUT2D eigenvalue weighted by atomic mass is 79.9. The highest BCUT2D eigenvalue weighted by Gasteiger charge is 2.34. The normalized spacial score (nSPS) is 21.1. The van der Waals surface area contributed by atoms with E-state index in [0.717, 1.165) is 52.1 Å². The number of rotatable bonds is 4. The molecule has 1 aliphatic heterocycles. The van der Waals surface area contributed by atoms with Crippen LogP contribution in [0.3, 0.4) is 0 Å². The number of hydrogen-bond donors (Lipinski definition) is 2. The largest absolute Gasteiger partial charge is 0.383 e. The van der Waals surface area contributed by atoms with Crippen molar-refractivity contribution in [3.05, 3.63) is 46.2 Å². The first-order valence-corrected chi connectivity index (χ1v) is 11.1. The van der Waals surface area contributed by atoms with Crippen molar-refractivity contribution in [1.82, 2.24) is 15.0 Å². The van der Waals surface area contributed by atoms with Gasteiger partial charge in [-0.2, -0.15) is 0 Å². The minimum Gasteiger partial charge on any atom is -0.383 e. The molecule has 0 bridgehead atoms. The molecule has 1 aromatic carbocycles. The Morgan fingerprint density at radius 3 is 2.90 bits per heavy atom. The Bertz CT molecular complexity index is 1070. The number of aromatic nitrogens is 3. The van der Waals surface area contributed by atoms with Gasteiger partial charge in [0.1, 0.15) is 23.8 Å². The molecule has 0 saturated heterocycles. The number of anilines is 3. The van der Waals surface area contributed by atoms with Crippen molar-refractivity contribution in [1.29, 1.82) is 0 Å². The first-order valence-electron chi connectivity index (χ1n) is 10.3. The topological polar surface area (TPSA) is 94.0 Å². The Balaban J connectivity index is 1.23. The van der Waals surface area contributed by atoms with Crippen LogP contribution in [-0.4, -0.2) is 27.5 Å². The van der Waals surface area contributed by atoms with Crippen molar-refractivity contribution in [3.8, 4) is 0 Å². The molecule has 6 nitrogen and oxygen atoms in total. The van der Waals surface area contributed by atoms with Crippen LogP contribution in [0.2, 0.25) is 0 Å². The van der Waals surface area contributed by atoms with Gasteiger partial charge in [0, 0.05) is 23.5 Å². The fourth-order valence-corrected chi connectivity index (χ4v) is 5.25. The predicted octanol–water partition coefficient (Wildman–Crippen LogP) is 4.12. The maximum atomic E-state index is 6.04. The number of fused-ring (bicyclic) bond motifs is 2. The molecule has 0 unspecified atom stereocenters. The fraction of sp³-hybridized carbons (Fsp3) is 0.409. The Morgan fingerprint density at radius 1 is 1.10 bits per heavy atom. The average molecular weight is 453 g/mol. The predicted molar refractivity (Wildman–Crippen MR) is 121 cm³/mol. The van der Waals surface area contributed by atoms with Gasteiger partial charge in [0.15, 0.2) is 0 Å². The first kappa shape index (κ1) is 18.6. The number of hydrogen-bond acceptors (Lipinski definition) is 6. The Kier molecular flexibility index (Phi) is 4.78. The lowest BCUT2D eigenvalue weighted by molar-refractivity contribution is 0.489. The summed E-state index contributed by atoms with van der Waals surface area (Å²) in [7, 11) is 0. The van der Waals surface area contributed by atoms with E-state index in [2.05, 4.69) is 54.0 Å². The molecule has 1 aliphatic carbocycles. The van der Waals surface area contributed by atoms with E-state index in [9.17, 15) is 0 Å². The van der Waals surface area contributed by atoms with Gasteiger partial charge in [0.05, 0.1) is 9.99 Å². The van der Waals surface area contributed by atoms with Crippen LogP contribution in [0.4, 0.5) is 17.5 Å². The maximum absolute atomic E-state index is 6.04. The molecule has 4 N–H and O–H groups in total. The molecule has 0 radical (unpaired) electrons. The number of nitrogen functional groups attached to an aromatic ring is 2. The lowest BCUT2D eigenvalue weighted by atomic mass is 9.97. The van der Waals surface area contributed by atoms with Crippen molar-refractivity contribution >= 4 is 44.3 Å². The van der Waals surface area contributed by atoms with E-state index >= 15 is 0 Å². The summed E-state index contributed by atoms with van der Waals surface area (Å²) in [4.78, 5) is 15.6. The van der Waals surface area contributed by atoms with Crippen molar-refractivity contribution in [2.45, 2.75) is 44.6 Å². The molecule has 150 valence electrons. The third-order valence-corrected chi connectivity index (χ3v) is 7.12. The van der Waals surface area contributed by atoms with Crippen LogP contribution in [0.15, 0.2) is 35.1 Å². The Morgan fingerprint density at radius 2 is 2.00 bits per heavy atom. The standard InChI is InChI=1S/C22H25BrN6/c23-18-11-15-5-3-14(10-19(15)28-21(18)25)2-1-13-4-6-16(9-13)29-8-7-17-20(24)26-12-27-22(17)29/h3,5,10-13,16H,1-2,4,6-9H2,(H2,25,28)(H2,24,26,27)/t13-,16+/m1/s1. The van der Waals surface area contributed by atoms with Gasteiger partial charge in [0.25, 0.3) is 0 Å². The molecule has 1 saturated carbocycles. The molecular formula is C22H25BrN6. The molecule has 29 heavy (non-hydrogen) atoms. The van der Waals surface area contributed by atoms with Gasteiger partial charge >= 0.3 is 0 Å². The summed E-state index contributed by atoms with van der Waals surface area (Å²) in [6.45, 7) is 1.02. The van der Waals surface area contributed by atoms with Gasteiger partial charge in [-0.1, -0.05) is 12.1 Å². The van der Waals surface area contributed by atoms with E-state index in [-0.39, 0.29) is 0 Å². The molecule has 2 aliphatic rings. The summed E-state index contributed by atoms with van der Waals surface area (Å²) in [5.74, 6) is 3.00. The second kappa shape index (κ2) is 7.44. The van der Waals surface area contributed by atoms with Gasteiger partial charge in [-0.05, 0) is 78.1 Å². The zero-order chi connectivity index (χ0) is 20.0. The Labute approximate surface area is 178 Å². The van der Waals surface area contributed by atoms with Crippen LogP contribution in [0.25, 0.3) is 10.9 Å². The minimum atomic E-state index is 0.545. The van der Waals surface area contributed by atoms with Gasteiger partial charge in [-0.3, -0.25) is 0 Å². The van der Waals surface area contributed by atoms with Gasteiger partial charge in [-0.25, -0.2) is 15.0 Å². The number of aryl methyl sites for hydroxylation is 1. The van der Waals surface area contributed by atoms with Crippen LogP contribution >= 0.6 is 15.9 Å². The van der Waals surface area contributed by atoms with Crippen molar-refractivity contribution < 1.29 is 0 Å². The smallest absolute Gasteiger partial charge is 0.138 e. The van der Waals surface area contributed by atoms with E-state index < -0.39 is 0 Å². The van der Waals surface area contributed by atoms with Crippen LogP contribution in [0.5, 0.6) is 0 Å². The SMILES string of the molecule is Nc1nc2cc(CC[C@@H]3CC[C@H](N4CCc5c(N)ncnc54)C3)ccc2cc1Br. The average Bonchev–Trinajstić information content (AvgIpc) is 3.35. The van der Waals surface area contributed by atoms with E-state index in [0.29, 0.717) is 17.7 Å². The summed E-state index contributed by atoms with van der Waals surface area (Å²) in [5, 5.41) is 1.12. The number of nitrogens with zero attached hydrogens (tertiary/aromatic N) is 4. The molecule has 5 rings (SSSR count). The summed E-state index contributed by atoms with van der Waals surface area (Å²) >= 11 is 3.45. The zero-order valence-corrected chi connectivity index (χ0v) is 17.9. The van der Waals surface area contributed by atoms with Crippen molar-refractivity contribution in [2.24, 2.45) is 5.92 Å². The van der Waals surface area contributed by atoms with Crippen LogP contribution in [0, 0.1) is 5.92 Å². The second-order valence-corrected chi connectivity index (χ2v) is 9.11. The second-order valence-electron chi connectivity index (χ2n) is 8.26. The highest BCUT2D eigenvalue weighted by Crippen LogP contribution is 2.38. The quantitative estimate of drug-likeness (QED) is 0.618. The summed E-state index contributed by atoms with van der Waals surface area (Å²) in [6.07, 6.45) is 8.59. The molecule has 2 aromatic heterocycles. The molecule has 0 spiro atoms. The lowest BCUT2D eigenvalue weighted by Crippen LogP contribution is -2.32. The summed E-state index contributed by atoms with van der Waals surface area (Å²) in [5.41, 5.74) is 15.4. The number of benzene rings is 1. The van der Waals surface area contributed by atoms with E-state index in [1.807, 2.05) is 6.07 Å². The number of nitrogens with two attached hydrogens (primary N) is 2. The number of halogens is 1. The summed E-state index contributed by atoms with van der Waals surface area (Å²) < 4.78 is 0.852. The fourth-order valence-electron chi connectivity index (χ4n) is 4.92. The molecule has 1 fully saturated rings. The monoisotopic (exact) mass is 452 g/mol. The van der Waals surface area contributed by atoms with Crippen molar-refractivity contribution in [2.75, 3.05) is 22.9 Å². The van der Waals surface area contributed by atoms with Crippen LogP contribution in [-0.2, 0) is 12.8 Å². The van der Waals surface area contributed by atoms with Gasteiger partial charge in [-0.15, -0.1) is 0 Å². The molecule has 3 aromatic rings. The lowest BCUT2D eigenvalue weighted by Gasteiger charge is -2.26. The molecular weight excluding hydrogens is 428 g/mol. The van der Waals surface area contributed by atoms with E-state index in [4.69, 9.17) is 11.5 Å². The zero-order valence-electron chi connectivity index (χ0n) is 16.3. The van der Waals surface area contributed by atoms with Crippen LogP contribution < -0.4 is 16.4 Å². The molecule has 3 heterocycles.